The smallest absolute Gasteiger partial charge is 0.123 e. The van der Waals surface area contributed by atoms with E-state index in [1.807, 2.05) is 53.2 Å². The van der Waals surface area contributed by atoms with E-state index in [9.17, 15) is 4.39 Å². The maximum atomic E-state index is 13.8. The zero-order valence-electron chi connectivity index (χ0n) is 15.1. The van der Waals surface area contributed by atoms with Gasteiger partial charge in [0.25, 0.3) is 0 Å². The summed E-state index contributed by atoms with van der Waals surface area (Å²) in [4.78, 5) is 9.15. The van der Waals surface area contributed by atoms with Gasteiger partial charge >= 0.3 is 0 Å². The van der Waals surface area contributed by atoms with E-state index in [0.717, 1.165) is 28.5 Å². The molecule has 2 heterocycles. The Hall–Kier alpha value is -3.18. The van der Waals surface area contributed by atoms with E-state index in [-0.39, 0.29) is 5.82 Å². The fourth-order valence-electron chi connectivity index (χ4n) is 3.06. The monoisotopic (exact) mass is 393 g/mol. The molecule has 0 bridgehead atoms. The molecule has 4 aromatic rings. The average Bonchev–Trinajstić information content (AvgIpc) is 3.13. The highest BCUT2D eigenvalue weighted by atomic mass is 35.5. The van der Waals surface area contributed by atoms with Gasteiger partial charge in [-0.15, -0.1) is 0 Å². The van der Waals surface area contributed by atoms with Gasteiger partial charge in [-0.2, -0.15) is 0 Å². The molecular weight excluding hydrogens is 377 g/mol. The fraction of sp³-hybridized carbons (Fsp3) is 0.0909. The van der Waals surface area contributed by atoms with Crippen molar-refractivity contribution in [3.63, 3.8) is 0 Å². The minimum atomic E-state index is -0.314. The molecule has 0 spiro atoms. The zero-order valence-corrected chi connectivity index (χ0v) is 15.9. The van der Waals surface area contributed by atoms with Crippen molar-refractivity contribution in [2.75, 3.05) is 7.11 Å². The van der Waals surface area contributed by atoms with Crippen LogP contribution in [0.3, 0.4) is 0 Å². The van der Waals surface area contributed by atoms with Crippen LogP contribution in [0.5, 0.6) is 5.75 Å². The van der Waals surface area contributed by atoms with E-state index in [0.29, 0.717) is 17.2 Å². The van der Waals surface area contributed by atoms with Crippen molar-refractivity contribution in [3.8, 4) is 22.8 Å². The van der Waals surface area contributed by atoms with Crippen molar-refractivity contribution in [1.29, 1.82) is 0 Å². The Bertz CT molecular complexity index is 1090. The Morgan fingerprint density at radius 2 is 1.86 bits per heavy atom. The van der Waals surface area contributed by atoms with Crippen LogP contribution in [0.4, 0.5) is 4.39 Å². The number of methoxy groups -OCH3 is 1. The molecule has 0 saturated carbocycles. The van der Waals surface area contributed by atoms with Crippen LogP contribution in [0.2, 0.25) is 5.02 Å². The summed E-state index contributed by atoms with van der Waals surface area (Å²) in [6.07, 6.45) is 4.05. The number of hydrogen-bond donors (Lipinski definition) is 0. The zero-order chi connectivity index (χ0) is 19.5. The first-order chi connectivity index (χ1) is 13.6. The number of pyridine rings is 1. The summed E-state index contributed by atoms with van der Waals surface area (Å²) in [6.45, 7) is 0. The molecule has 0 radical (unpaired) electrons. The number of ether oxygens (including phenoxy) is 1. The third-order valence-electron chi connectivity index (χ3n) is 4.40. The highest BCUT2D eigenvalue weighted by Crippen LogP contribution is 2.26. The van der Waals surface area contributed by atoms with Gasteiger partial charge in [0.15, 0.2) is 0 Å². The van der Waals surface area contributed by atoms with Gasteiger partial charge in [-0.3, -0.25) is 4.98 Å². The van der Waals surface area contributed by atoms with Gasteiger partial charge in [-0.25, -0.2) is 9.37 Å². The van der Waals surface area contributed by atoms with E-state index in [4.69, 9.17) is 21.3 Å². The third-order valence-corrected chi connectivity index (χ3v) is 4.65. The summed E-state index contributed by atoms with van der Waals surface area (Å²) in [6, 6.07) is 17.6. The van der Waals surface area contributed by atoms with E-state index in [1.165, 1.54) is 12.1 Å². The van der Waals surface area contributed by atoms with Gasteiger partial charge < -0.3 is 9.30 Å². The predicted molar refractivity (Wildman–Crippen MR) is 108 cm³/mol. The molecule has 0 amide bonds. The first-order valence-corrected chi connectivity index (χ1v) is 9.10. The Balaban J connectivity index is 1.82. The van der Waals surface area contributed by atoms with Crippen LogP contribution >= 0.6 is 11.6 Å². The van der Waals surface area contributed by atoms with Crippen LogP contribution in [-0.4, -0.2) is 21.6 Å². The van der Waals surface area contributed by atoms with Crippen molar-refractivity contribution < 1.29 is 9.13 Å². The van der Waals surface area contributed by atoms with E-state index >= 15 is 0 Å². The van der Waals surface area contributed by atoms with Gasteiger partial charge in [0.1, 0.15) is 23.1 Å². The number of benzene rings is 2. The number of rotatable bonds is 5. The van der Waals surface area contributed by atoms with Gasteiger partial charge in [0, 0.05) is 35.1 Å². The van der Waals surface area contributed by atoms with Crippen molar-refractivity contribution in [2.45, 2.75) is 6.42 Å². The van der Waals surface area contributed by atoms with E-state index in [1.54, 1.807) is 19.4 Å². The van der Waals surface area contributed by atoms with E-state index < -0.39 is 0 Å². The molecule has 0 unspecified atom stereocenters. The molecule has 0 aliphatic carbocycles. The summed E-state index contributed by atoms with van der Waals surface area (Å²) in [5, 5.41) is 0.655. The van der Waals surface area contributed by atoms with Crippen LogP contribution in [0.1, 0.15) is 11.4 Å². The number of halogens is 2. The Morgan fingerprint density at radius 3 is 2.57 bits per heavy atom. The Morgan fingerprint density at radius 1 is 1.04 bits per heavy atom. The first kappa shape index (κ1) is 18.2. The number of nitrogens with zero attached hydrogens (tertiary/aromatic N) is 3. The lowest BCUT2D eigenvalue weighted by atomic mass is 10.1. The summed E-state index contributed by atoms with van der Waals surface area (Å²) >= 11 is 6.03. The van der Waals surface area contributed by atoms with Crippen LogP contribution < -0.4 is 4.74 Å². The molecule has 2 aromatic heterocycles. The van der Waals surface area contributed by atoms with Crippen LogP contribution in [0.15, 0.2) is 73.1 Å². The maximum Gasteiger partial charge on any atom is 0.123 e. The number of aromatic nitrogens is 3. The lowest BCUT2D eigenvalue weighted by Gasteiger charge is -2.11. The molecule has 0 atom stereocenters. The lowest BCUT2D eigenvalue weighted by Crippen LogP contribution is -2.03. The molecule has 0 N–H and O–H groups in total. The molecule has 2 aromatic carbocycles. The predicted octanol–water partition coefficient (Wildman–Crippen LogP) is 5.33. The number of hydrogen-bond acceptors (Lipinski definition) is 3. The van der Waals surface area contributed by atoms with Gasteiger partial charge in [-0.05, 0) is 54.6 Å². The SMILES string of the molecule is COc1ccc(F)cc1Cc1nc(-c2ccccn2)cn1-c1ccc(Cl)cc1. The maximum absolute atomic E-state index is 13.8. The highest BCUT2D eigenvalue weighted by molar-refractivity contribution is 6.30. The molecule has 140 valence electrons. The summed E-state index contributed by atoms with van der Waals surface area (Å²) in [7, 11) is 1.57. The minimum Gasteiger partial charge on any atom is -0.496 e. The summed E-state index contributed by atoms with van der Waals surface area (Å²) < 4.78 is 21.2. The molecule has 4 rings (SSSR count). The van der Waals surface area contributed by atoms with Crippen LogP contribution in [0, 0.1) is 5.82 Å². The molecular formula is C22H17ClFN3O. The van der Waals surface area contributed by atoms with Crippen LogP contribution in [0.25, 0.3) is 17.1 Å². The molecule has 28 heavy (non-hydrogen) atoms. The summed E-state index contributed by atoms with van der Waals surface area (Å²) in [5.41, 5.74) is 3.13. The second kappa shape index (κ2) is 7.82. The Labute approximate surface area is 167 Å². The van der Waals surface area contributed by atoms with Gasteiger partial charge in [0.2, 0.25) is 0 Å². The Kier molecular flexibility index (Phi) is 5.08. The van der Waals surface area contributed by atoms with Crippen molar-refractivity contribution in [2.24, 2.45) is 0 Å². The van der Waals surface area contributed by atoms with E-state index in [2.05, 4.69) is 4.98 Å². The molecule has 0 fully saturated rings. The van der Waals surface area contributed by atoms with Gasteiger partial charge in [-0.1, -0.05) is 17.7 Å². The van der Waals surface area contributed by atoms with Gasteiger partial charge in [0.05, 0.1) is 12.8 Å². The highest BCUT2D eigenvalue weighted by Gasteiger charge is 2.15. The molecule has 0 saturated heterocycles. The molecule has 6 heteroatoms. The first-order valence-electron chi connectivity index (χ1n) is 8.72. The lowest BCUT2D eigenvalue weighted by molar-refractivity contribution is 0.409. The normalized spacial score (nSPS) is 10.8. The molecule has 0 aliphatic rings. The van der Waals surface area contributed by atoms with Crippen LogP contribution in [-0.2, 0) is 6.42 Å². The standard InChI is InChI=1S/C22H17ClFN3O/c1-28-21-10-7-17(24)12-15(21)13-22-26-20(19-4-2-3-11-25-19)14-27(22)18-8-5-16(23)6-9-18/h2-12,14H,13H2,1H3. The minimum absolute atomic E-state index is 0.314. The quantitative estimate of drug-likeness (QED) is 0.460. The van der Waals surface area contributed by atoms with Crippen molar-refractivity contribution in [3.05, 3.63) is 95.3 Å². The summed E-state index contributed by atoms with van der Waals surface area (Å²) in [5.74, 6) is 1.05. The second-order valence-electron chi connectivity index (χ2n) is 6.24. The third kappa shape index (κ3) is 3.75. The largest absolute Gasteiger partial charge is 0.496 e. The van der Waals surface area contributed by atoms with Crippen molar-refractivity contribution >= 4 is 11.6 Å². The second-order valence-corrected chi connectivity index (χ2v) is 6.67. The fourth-order valence-corrected chi connectivity index (χ4v) is 3.19. The topological polar surface area (TPSA) is 39.9 Å². The molecule has 0 aliphatic heterocycles. The number of imidazole rings is 1. The van der Waals surface area contributed by atoms with Crippen molar-refractivity contribution in [1.82, 2.24) is 14.5 Å². The average molecular weight is 394 g/mol. The molecule has 4 nitrogen and oxygen atoms in total.